The van der Waals surface area contributed by atoms with Crippen molar-refractivity contribution in [3.63, 3.8) is 0 Å². The van der Waals surface area contributed by atoms with Crippen molar-refractivity contribution in [2.24, 2.45) is 0 Å². The third-order valence-corrected chi connectivity index (χ3v) is 6.09. The van der Waals surface area contributed by atoms with E-state index in [-0.39, 0.29) is 5.91 Å². The summed E-state index contributed by atoms with van der Waals surface area (Å²) in [7, 11) is 0. The van der Waals surface area contributed by atoms with Gasteiger partial charge in [0.05, 0.1) is 6.61 Å². The van der Waals surface area contributed by atoms with E-state index in [9.17, 15) is 4.79 Å². The lowest BCUT2D eigenvalue weighted by atomic mass is 10.1. The molecule has 4 rings (SSSR count). The lowest BCUT2D eigenvalue weighted by molar-refractivity contribution is 0.0746. The Balaban J connectivity index is 1.42. The third kappa shape index (κ3) is 5.28. The summed E-state index contributed by atoms with van der Waals surface area (Å²) in [4.78, 5) is 21.6. The van der Waals surface area contributed by atoms with Gasteiger partial charge in [-0.2, -0.15) is 0 Å². The van der Waals surface area contributed by atoms with E-state index in [1.54, 1.807) is 18.5 Å². The minimum Gasteiger partial charge on any atom is -0.490 e. The van der Waals surface area contributed by atoms with Crippen LogP contribution in [0.5, 0.6) is 11.5 Å². The second kappa shape index (κ2) is 10.4. The lowest BCUT2D eigenvalue weighted by Crippen LogP contribution is -2.49. The normalized spacial score (nSPS) is 13.7. The standard InChI is InChI=1S/C27H31N3O3/c1-4-32-26-17-23(10-11-25(26)33-19-22-8-6-12-28-18-22)27(31)30-15-13-29(14-16-30)24-9-5-7-20(2)21(24)3/h5-12,17-18H,4,13-16,19H2,1-3H3. The first-order chi connectivity index (χ1) is 16.1. The molecule has 6 nitrogen and oxygen atoms in total. The van der Waals surface area contributed by atoms with E-state index in [0.29, 0.717) is 43.4 Å². The molecule has 1 fully saturated rings. The van der Waals surface area contributed by atoms with Crippen LogP contribution in [0.25, 0.3) is 0 Å². The monoisotopic (exact) mass is 445 g/mol. The van der Waals surface area contributed by atoms with Crippen LogP contribution < -0.4 is 14.4 Å². The van der Waals surface area contributed by atoms with Crippen molar-refractivity contribution in [2.75, 3.05) is 37.7 Å². The molecule has 1 aromatic heterocycles. The molecule has 3 aromatic rings. The summed E-state index contributed by atoms with van der Waals surface area (Å²) in [6.45, 7) is 10.1. The van der Waals surface area contributed by atoms with Gasteiger partial charge in [0.15, 0.2) is 11.5 Å². The van der Waals surface area contributed by atoms with Crippen molar-refractivity contribution < 1.29 is 14.3 Å². The molecule has 172 valence electrons. The van der Waals surface area contributed by atoms with Crippen molar-refractivity contribution >= 4 is 11.6 Å². The van der Waals surface area contributed by atoms with E-state index in [1.807, 2.05) is 36.1 Å². The third-order valence-electron chi connectivity index (χ3n) is 6.09. The molecular weight excluding hydrogens is 414 g/mol. The maximum atomic E-state index is 13.2. The van der Waals surface area contributed by atoms with Crippen LogP contribution in [0.1, 0.15) is 34.0 Å². The van der Waals surface area contributed by atoms with Gasteiger partial charge < -0.3 is 19.3 Å². The van der Waals surface area contributed by atoms with Crippen LogP contribution in [-0.2, 0) is 6.61 Å². The van der Waals surface area contributed by atoms with E-state index in [4.69, 9.17) is 9.47 Å². The molecule has 0 aliphatic carbocycles. The highest BCUT2D eigenvalue weighted by Crippen LogP contribution is 2.30. The molecule has 0 bridgehead atoms. The number of ether oxygens (including phenoxy) is 2. The predicted molar refractivity (Wildman–Crippen MR) is 130 cm³/mol. The van der Waals surface area contributed by atoms with Gasteiger partial charge in [-0.25, -0.2) is 0 Å². The van der Waals surface area contributed by atoms with Crippen LogP contribution in [0.3, 0.4) is 0 Å². The first-order valence-corrected chi connectivity index (χ1v) is 11.5. The summed E-state index contributed by atoms with van der Waals surface area (Å²) in [6, 6.07) is 15.7. The smallest absolute Gasteiger partial charge is 0.254 e. The van der Waals surface area contributed by atoms with Crippen molar-refractivity contribution in [2.45, 2.75) is 27.4 Å². The van der Waals surface area contributed by atoms with Gasteiger partial charge in [0.1, 0.15) is 6.61 Å². The summed E-state index contributed by atoms with van der Waals surface area (Å²) in [6.07, 6.45) is 3.51. The zero-order valence-corrected chi connectivity index (χ0v) is 19.6. The quantitative estimate of drug-likeness (QED) is 0.530. The maximum absolute atomic E-state index is 13.2. The lowest BCUT2D eigenvalue weighted by Gasteiger charge is -2.37. The molecular formula is C27H31N3O3. The predicted octanol–water partition coefficient (Wildman–Crippen LogP) is 4.64. The highest BCUT2D eigenvalue weighted by Gasteiger charge is 2.24. The van der Waals surface area contributed by atoms with Crippen LogP contribution in [0.15, 0.2) is 60.9 Å². The Morgan fingerprint density at radius 1 is 0.970 bits per heavy atom. The van der Waals surface area contributed by atoms with Crippen LogP contribution in [0, 0.1) is 13.8 Å². The van der Waals surface area contributed by atoms with Gasteiger partial charge in [0.2, 0.25) is 0 Å². The number of benzene rings is 2. The minimum atomic E-state index is 0.0235. The zero-order chi connectivity index (χ0) is 23.2. The van der Waals surface area contributed by atoms with Crippen molar-refractivity contribution in [1.29, 1.82) is 0 Å². The van der Waals surface area contributed by atoms with E-state index < -0.39 is 0 Å². The van der Waals surface area contributed by atoms with E-state index in [2.05, 4.69) is 41.9 Å². The highest BCUT2D eigenvalue weighted by molar-refractivity contribution is 5.95. The maximum Gasteiger partial charge on any atom is 0.254 e. The van der Waals surface area contributed by atoms with Gasteiger partial charge in [-0.05, 0) is 62.2 Å². The number of amides is 1. The molecule has 0 unspecified atom stereocenters. The van der Waals surface area contributed by atoms with E-state index in [1.165, 1.54) is 16.8 Å². The molecule has 0 saturated carbocycles. The van der Waals surface area contributed by atoms with Gasteiger partial charge in [0.25, 0.3) is 5.91 Å². The van der Waals surface area contributed by atoms with Crippen LogP contribution >= 0.6 is 0 Å². The number of rotatable bonds is 7. The Bertz CT molecular complexity index is 1090. The number of carbonyl (C=O) groups is 1. The molecule has 0 N–H and O–H groups in total. The second-order valence-corrected chi connectivity index (χ2v) is 8.24. The molecule has 1 aliphatic heterocycles. The number of anilines is 1. The molecule has 0 spiro atoms. The van der Waals surface area contributed by atoms with Crippen molar-refractivity contribution in [3.05, 3.63) is 83.2 Å². The minimum absolute atomic E-state index is 0.0235. The highest BCUT2D eigenvalue weighted by atomic mass is 16.5. The fraction of sp³-hybridized carbons (Fsp3) is 0.333. The van der Waals surface area contributed by atoms with Crippen molar-refractivity contribution in [3.8, 4) is 11.5 Å². The molecule has 1 saturated heterocycles. The second-order valence-electron chi connectivity index (χ2n) is 8.24. The van der Waals surface area contributed by atoms with Crippen LogP contribution in [0.2, 0.25) is 0 Å². The van der Waals surface area contributed by atoms with Crippen molar-refractivity contribution in [1.82, 2.24) is 9.88 Å². The topological polar surface area (TPSA) is 54.9 Å². The first kappa shape index (κ1) is 22.6. The Labute approximate surface area is 195 Å². The number of aryl methyl sites for hydroxylation is 1. The SMILES string of the molecule is CCOc1cc(C(=O)N2CCN(c3cccc(C)c3C)CC2)ccc1OCc1cccnc1. The van der Waals surface area contributed by atoms with Crippen LogP contribution in [-0.4, -0.2) is 48.6 Å². The van der Waals surface area contributed by atoms with Gasteiger partial charge in [-0.1, -0.05) is 18.2 Å². The fourth-order valence-electron chi connectivity index (χ4n) is 4.08. The largest absolute Gasteiger partial charge is 0.490 e. The summed E-state index contributed by atoms with van der Waals surface area (Å²) < 4.78 is 11.7. The Hall–Kier alpha value is -3.54. The Kier molecular flexibility index (Phi) is 7.13. The van der Waals surface area contributed by atoms with Gasteiger partial charge >= 0.3 is 0 Å². The molecule has 0 atom stereocenters. The molecule has 1 amide bonds. The summed E-state index contributed by atoms with van der Waals surface area (Å²) in [5.74, 6) is 1.23. The molecule has 6 heteroatoms. The summed E-state index contributed by atoms with van der Waals surface area (Å²) in [5.41, 5.74) is 5.45. The number of pyridine rings is 1. The summed E-state index contributed by atoms with van der Waals surface area (Å²) in [5, 5.41) is 0. The van der Waals surface area contributed by atoms with E-state index in [0.717, 1.165) is 18.7 Å². The molecule has 0 radical (unpaired) electrons. The number of nitrogens with zero attached hydrogens (tertiary/aromatic N) is 3. The number of piperazine rings is 1. The fourth-order valence-corrected chi connectivity index (χ4v) is 4.08. The van der Waals surface area contributed by atoms with E-state index >= 15 is 0 Å². The van der Waals surface area contributed by atoms with Gasteiger partial charge in [0, 0.05) is 55.4 Å². The van der Waals surface area contributed by atoms with Gasteiger partial charge in [-0.3, -0.25) is 9.78 Å². The summed E-state index contributed by atoms with van der Waals surface area (Å²) >= 11 is 0. The number of carbonyl (C=O) groups excluding carboxylic acids is 1. The number of hydrogen-bond donors (Lipinski definition) is 0. The number of aromatic nitrogens is 1. The molecule has 1 aliphatic rings. The van der Waals surface area contributed by atoms with Crippen LogP contribution in [0.4, 0.5) is 5.69 Å². The average molecular weight is 446 g/mol. The first-order valence-electron chi connectivity index (χ1n) is 11.5. The number of hydrogen-bond acceptors (Lipinski definition) is 5. The molecule has 2 heterocycles. The molecule has 33 heavy (non-hydrogen) atoms. The Morgan fingerprint density at radius 2 is 1.79 bits per heavy atom. The Morgan fingerprint density at radius 3 is 2.52 bits per heavy atom. The molecule has 2 aromatic carbocycles. The zero-order valence-electron chi connectivity index (χ0n) is 19.6. The van der Waals surface area contributed by atoms with Gasteiger partial charge in [-0.15, -0.1) is 0 Å². The average Bonchev–Trinajstić information content (AvgIpc) is 2.85.